The van der Waals surface area contributed by atoms with E-state index in [0.717, 1.165) is 12.0 Å². The monoisotopic (exact) mass is 279 g/mol. The Balaban J connectivity index is 0.00000256. The first kappa shape index (κ1) is 16.0. The van der Waals surface area contributed by atoms with Gasteiger partial charge in [0.25, 0.3) is 5.91 Å². The van der Waals surface area contributed by atoms with E-state index < -0.39 is 12.0 Å². The van der Waals surface area contributed by atoms with Crippen molar-refractivity contribution in [2.24, 2.45) is 5.73 Å². The van der Waals surface area contributed by atoms with Crippen LogP contribution in [0, 0.1) is 0 Å². The minimum absolute atomic E-state index is 0. The van der Waals surface area contributed by atoms with Crippen molar-refractivity contribution in [1.29, 1.82) is 0 Å². The Kier molecular flexibility index (Phi) is 6.31. The van der Waals surface area contributed by atoms with Crippen LogP contribution in [0.3, 0.4) is 0 Å². The molecular formula is C11H15Cl2NO3. The second kappa shape index (κ2) is 6.69. The van der Waals surface area contributed by atoms with E-state index in [1.54, 1.807) is 12.1 Å². The van der Waals surface area contributed by atoms with Crippen LogP contribution in [0.1, 0.15) is 24.2 Å². The summed E-state index contributed by atoms with van der Waals surface area (Å²) in [6.45, 7) is 1.97. The molecule has 1 aromatic carbocycles. The Hall–Kier alpha value is -0.970. The molecule has 0 saturated carbocycles. The van der Waals surface area contributed by atoms with Crippen LogP contribution in [0.4, 0.5) is 0 Å². The van der Waals surface area contributed by atoms with E-state index in [-0.39, 0.29) is 23.0 Å². The minimum atomic E-state index is -1.45. The number of halogens is 2. The van der Waals surface area contributed by atoms with Crippen LogP contribution in [0.15, 0.2) is 12.1 Å². The molecule has 0 aliphatic carbocycles. The molecule has 0 spiro atoms. The third kappa shape index (κ3) is 3.49. The van der Waals surface area contributed by atoms with E-state index in [4.69, 9.17) is 22.1 Å². The predicted octanol–water partition coefficient (Wildman–Crippen LogP) is 1.85. The molecule has 4 nitrogen and oxygen atoms in total. The molecule has 0 aliphatic rings. The molecule has 0 radical (unpaired) electrons. The fourth-order valence-corrected chi connectivity index (χ4v) is 1.76. The Labute approximate surface area is 111 Å². The fraction of sp³-hybridized carbons (Fsp3) is 0.364. The van der Waals surface area contributed by atoms with Gasteiger partial charge in [0, 0.05) is 0 Å². The first-order valence-corrected chi connectivity index (χ1v) is 5.22. The van der Waals surface area contributed by atoms with Gasteiger partial charge in [-0.1, -0.05) is 18.5 Å². The number of hydrogen-bond acceptors (Lipinski definition) is 3. The topological polar surface area (TPSA) is 72.5 Å². The Morgan fingerprint density at radius 1 is 1.59 bits per heavy atom. The maximum absolute atomic E-state index is 10.9. The number of primary amides is 1. The van der Waals surface area contributed by atoms with Gasteiger partial charge in [-0.3, -0.25) is 4.79 Å². The number of aryl methyl sites for hydroxylation is 1. The van der Waals surface area contributed by atoms with Gasteiger partial charge in [-0.15, -0.1) is 12.4 Å². The van der Waals surface area contributed by atoms with Crippen LogP contribution in [-0.4, -0.2) is 18.1 Å². The lowest BCUT2D eigenvalue weighted by Crippen LogP contribution is -2.21. The van der Waals surface area contributed by atoms with Gasteiger partial charge in [0.2, 0.25) is 0 Å². The summed E-state index contributed by atoms with van der Waals surface area (Å²) in [4.78, 5) is 10.9. The number of nitrogens with two attached hydrogens (primary N) is 1. The molecule has 1 amide bonds. The van der Waals surface area contributed by atoms with E-state index >= 15 is 0 Å². The van der Waals surface area contributed by atoms with Gasteiger partial charge < -0.3 is 15.6 Å². The van der Waals surface area contributed by atoms with E-state index in [1.807, 2.05) is 6.92 Å². The molecule has 96 valence electrons. The molecule has 1 rings (SSSR count). The molecule has 0 fully saturated rings. The van der Waals surface area contributed by atoms with Gasteiger partial charge in [0.1, 0.15) is 5.75 Å². The second-order valence-corrected chi connectivity index (χ2v) is 3.76. The highest BCUT2D eigenvalue weighted by molar-refractivity contribution is 6.32. The highest BCUT2D eigenvalue weighted by Crippen LogP contribution is 2.33. The number of amides is 1. The Bertz CT molecular complexity index is 410. The molecule has 1 aromatic rings. The maximum Gasteiger partial charge on any atom is 0.251 e. The number of benzene rings is 1. The number of hydrogen-bond donors (Lipinski definition) is 2. The number of methoxy groups -OCH3 is 1. The molecule has 0 bridgehead atoms. The van der Waals surface area contributed by atoms with Crippen molar-refractivity contribution >= 4 is 29.9 Å². The highest BCUT2D eigenvalue weighted by Gasteiger charge is 2.22. The molecule has 1 unspecified atom stereocenters. The lowest BCUT2D eigenvalue weighted by molar-refractivity contribution is -0.126. The van der Waals surface area contributed by atoms with Gasteiger partial charge >= 0.3 is 0 Å². The number of carbonyl (C=O) groups is 1. The number of aliphatic hydroxyl groups is 1. The zero-order valence-corrected chi connectivity index (χ0v) is 11.1. The largest absolute Gasteiger partial charge is 0.496 e. The average molecular weight is 280 g/mol. The lowest BCUT2D eigenvalue weighted by Gasteiger charge is -2.15. The second-order valence-electron chi connectivity index (χ2n) is 3.35. The van der Waals surface area contributed by atoms with Crippen molar-refractivity contribution < 1.29 is 14.6 Å². The standard InChI is InChI=1S/C11H14ClNO3.ClH/c1-3-6-4-7(12)9(8(5-6)16-2)10(14)11(13)15;/h4-5,10,14H,3H2,1-2H3,(H2,13,15);1H. The van der Waals surface area contributed by atoms with E-state index in [9.17, 15) is 9.90 Å². The van der Waals surface area contributed by atoms with Gasteiger partial charge in [0.05, 0.1) is 17.7 Å². The number of ether oxygens (including phenoxy) is 1. The molecule has 0 heterocycles. The van der Waals surface area contributed by atoms with Gasteiger partial charge in [-0.05, 0) is 24.1 Å². The van der Waals surface area contributed by atoms with Crippen LogP contribution in [0.2, 0.25) is 5.02 Å². The molecule has 0 saturated heterocycles. The third-order valence-electron chi connectivity index (χ3n) is 2.32. The van der Waals surface area contributed by atoms with Crippen molar-refractivity contribution in [3.8, 4) is 5.75 Å². The summed E-state index contributed by atoms with van der Waals surface area (Å²) in [5.41, 5.74) is 6.20. The predicted molar refractivity (Wildman–Crippen MR) is 68.8 cm³/mol. The normalized spacial score (nSPS) is 11.5. The summed E-state index contributed by atoms with van der Waals surface area (Å²) in [6.07, 6.45) is -0.670. The Morgan fingerprint density at radius 2 is 2.18 bits per heavy atom. The van der Waals surface area contributed by atoms with E-state index in [1.165, 1.54) is 7.11 Å². The zero-order valence-electron chi connectivity index (χ0n) is 9.57. The first-order chi connectivity index (χ1) is 7.51. The van der Waals surface area contributed by atoms with Gasteiger partial charge in [-0.25, -0.2) is 0 Å². The van der Waals surface area contributed by atoms with Crippen LogP contribution < -0.4 is 10.5 Å². The SMILES string of the molecule is CCc1cc(Cl)c(C(O)C(N)=O)c(OC)c1.Cl. The molecule has 0 aliphatic heterocycles. The first-order valence-electron chi connectivity index (χ1n) is 4.85. The average Bonchev–Trinajstić information content (AvgIpc) is 2.26. The zero-order chi connectivity index (χ0) is 12.3. The number of aliphatic hydroxyl groups excluding tert-OH is 1. The molecular weight excluding hydrogens is 265 g/mol. The van der Waals surface area contributed by atoms with Gasteiger partial charge in [-0.2, -0.15) is 0 Å². The number of carbonyl (C=O) groups excluding carboxylic acids is 1. The maximum atomic E-state index is 10.9. The Morgan fingerprint density at radius 3 is 2.59 bits per heavy atom. The minimum Gasteiger partial charge on any atom is -0.496 e. The van der Waals surface area contributed by atoms with Crippen molar-refractivity contribution in [2.45, 2.75) is 19.4 Å². The van der Waals surface area contributed by atoms with E-state index in [2.05, 4.69) is 0 Å². The van der Waals surface area contributed by atoms with Crippen molar-refractivity contribution in [3.05, 3.63) is 28.3 Å². The smallest absolute Gasteiger partial charge is 0.251 e. The van der Waals surface area contributed by atoms with E-state index in [0.29, 0.717) is 5.75 Å². The fourth-order valence-electron chi connectivity index (χ4n) is 1.43. The van der Waals surface area contributed by atoms with Crippen LogP contribution in [0.5, 0.6) is 5.75 Å². The summed E-state index contributed by atoms with van der Waals surface area (Å²) in [5, 5.41) is 9.90. The van der Waals surface area contributed by atoms with Gasteiger partial charge in [0.15, 0.2) is 6.10 Å². The van der Waals surface area contributed by atoms with Crippen LogP contribution in [0.25, 0.3) is 0 Å². The summed E-state index contributed by atoms with van der Waals surface area (Å²) in [6, 6.07) is 3.42. The van der Waals surface area contributed by atoms with Crippen LogP contribution in [-0.2, 0) is 11.2 Å². The van der Waals surface area contributed by atoms with Crippen molar-refractivity contribution in [3.63, 3.8) is 0 Å². The molecule has 1 atom stereocenters. The molecule has 0 aromatic heterocycles. The molecule has 6 heteroatoms. The summed E-state index contributed by atoms with van der Waals surface area (Å²) in [5.74, 6) is -0.486. The molecule has 3 N–H and O–H groups in total. The lowest BCUT2D eigenvalue weighted by atomic mass is 10.0. The molecule has 17 heavy (non-hydrogen) atoms. The quantitative estimate of drug-likeness (QED) is 0.884. The summed E-state index contributed by atoms with van der Waals surface area (Å²) < 4.78 is 5.09. The summed E-state index contributed by atoms with van der Waals surface area (Å²) in [7, 11) is 1.45. The summed E-state index contributed by atoms with van der Waals surface area (Å²) >= 11 is 5.98. The number of rotatable bonds is 4. The van der Waals surface area contributed by atoms with Crippen molar-refractivity contribution in [2.75, 3.05) is 7.11 Å². The third-order valence-corrected chi connectivity index (χ3v) is 2.64. The highest BCUT2D eigenvalue weighted by atomic mass is 35.5. The van der Waals surface area contributed by atoms with Crippen LogP contribution >= 0.6 is 24.0 Å². The van der Waals surface area contributed by atoms with Crippen molar-refractivity contribution in [1.82, 2.24) is 0 Å².